The van der Waals surface area contributed by atoms with Crippen LogP contribution in [0.15, 0.2) is 36.4 Å². The van der Waals surface area contributed by atoms with E-state index in [1.807, 2.05) is 41.3 Å². The van der Waals surface area contributed by atoms with E-state index in [1.54, 1.807) is 11.3 Å². The first-order valence-corrected chi connectivity index (χ1v) is 10.3. The summed E-state index contributed by atoms with van der Waals surface area (Å²) in [6, 6.07) is 12.0. The third kappa shape index (κ3) is 3.67. The summed E-state index contributed by atoms with van der Waals surface area (Å²) in [5.74, 6) is 1.95. The first kappa shape index (κ1) is 17.9. The van der Waals surface area contributed by atoms with E-state index in [1.165, 1.54) is 10.4 Å². The number of carbonyl (C=O) groups excluding carboxylic acids is 1. The molecule has 1 aromatic carbocycles. The van der Waals surface area contributed by atoms with Crippen LogP contribution < -0.4 is 0 Å². The maximum absolute atomic E-state index is 13.0. The van der Waals surface area contributed by atoms with Crippen molar-refractivity contribution in [1.29, 1.82) is 0 Å². The van der Waals surface area contributed by atoms with Crippen molar-refractivity contribution in [3.8, 4) is 11.4 Å². The molecule has 1 fully saturated rings. The van der Waals surface area contributed by atoms with Crippen molar-refractivity contribution >= 4 is 17.2 Å². The molecule has 2 aromatic heterocycles. The summed E-state index contributed by atoms with van der Waals surface area (Å²) in [4.78, 5) is 21.8. The fourth-order valence-corrected chi connectivity index (χ4v) is 4.77. The van der Waals surface area contributed by atoms with Gasteiger partial charge in [-0.05, 0) is 37.8 Å². The molecule has 0 saturated carbocycles. The van der Waals surface area contributed by atoms with Crippen LogP contribution in [-0.4, -0.2) is 39.1 Å². The highest BCUT2D eigenvalue weighted by molar-refractivity contribution is 7.14. The predicted molar refractivity (Wildman–Crippen MR) is 108 cm³/mol. The number of carbonyl (C=O) groups is 1. The minimum absolute atomic E-state index is 0.148. The smallest absolute Gasteiger partial charge is 0.263 e. The number of nitrogens with one attached hydrogen (secondary N) is 1. The van der Waals surface area contributed by atoms with Crippen LogP contribution in [0.25, 0.3) is 11.4 Å². The molecule has 27 heavy (non-hydrogen) atoms. The van der Waals surface area contributed by atoms with Crippen molar-refractivity contribution in [3.05, 3.63) is 57.5 Å². The molecule has 0 spiro atoms. The Bertz CT molecular complexity index is 931. The standard InChI is InChI=1S/C21H24N4OS/c1-3-17-14(2)12-18(27-17)21(26)25-11-7-10-16(13-25)20-22-19(23-24-20)15-8-5-4-6-9-15/h4-6,8-9,12,16H,3,7,10-11,13H2,1-2H3,(H,22,23,24). The van der Waals surface area contributed by atoms with E-state index in [-0.39, 0.29) is 11.8 Å². The lowest BCUT2D eigenvalue weighted by atomic mass is 9.97. The number of thiophene rings is 1. The fourth-order valence-electron chi connectivity index (χ4n) is 3.69. The van der Waals surface area contributed by atoms with Crippen LogP contribution >= 0.6 is 11.3 Å². The molecule has 1 atom stereocenters. The Hall–Kier alpha value is -2.47. The third-order valence-electron chi connectivity index (χ3n) is 5.18. The lowest BCUT2D eigenvalue weighted by Gasteiger charge is -2.31. The van der Waals surface area contributed by atoms with Gasteiger partial charge in [-0.2, -0.15) is 5.10 Å². The van der Waals surface area contributed by atoms with Crippen LogP contribution in [0.3, 0.4) is 0 Å². The molecule has 3 heterocycles. The van der Waals surface area contributed by atoms with Gasteiger partial charge in [-0.3, -0.25) is 9.89 Å². The highest BCUT2D eigenvalue weighted by Crippen LogP contribution is 2.29. The number of nitrogens with zero attached hydrogens (tertiary/aromatic N) is 3. The molecule has 1 unspecified atom stereocenters. The highest BCUT2D eigenvalue weighted by atomic mass is 32.1. The number of aromatic nitrogens is 3. The van der Waals surface area contributed by atoms with E-state index < -0.39 is 0 Å². The Morgan fingerprint density at radius 1 is 1.33 bits per heavy atom. The van der Waals surface area contributed by atoms with Gasteiger partial charge in [0.25, 0.3) is 5.91 Å². The zero-order valence-corrected chi connectivity index (χ0v) is 16.6. The zero-order valence-electron chi connectivity index (χ0n) is 15.7. The van der Waals surface area contributed by atoms with E-state index in [0.717, 1.165) is 47.9 Å². The van der Waals surface area contributed by atoms with Crippen molar-refractivity contribution in [1.82, 2.24) is 20.1 Å². The molecule has 1 aliphatic rings. The van der Waals surface area contributed by atoms with Crippen LogP contribution in [0.4, 0.5) is 0 Å². The third-order valence-corrected chi connectivity index (χ3v) is 6.55. The maximum Gasteiger partial charge on any atom is 0.263 e. The van der Waals surface area contributed by atoms with Crippen LogP contribution in [0.2, 0.25) is 0 Å². The number of amides is 1. The molecule has 5 nitrogen and oxygen atoms in total. The monoisotopic (exact) mass is 380 g/mol. The number of hydrogen-bond acceptors (Lipinski definition) is 4. The van der Waals surface area contributed by atoms with E-state index in [9.17, 15) is 4.79 Å². The number of piperidine rings is 1. The Kier molecular flexibility index (Phi) is 5.07. The number of rotatable bonds is 4. The second kappa shape index (κ2) is 7.64. The van der Waals surface area contributed by atoms with Crippen molar-refractivity contribution in [2.75, 3.05) is 13.1 Å². The van der Waals surface area contributed by atoms with Gasteiger partial charge < -0.3 is 4.90 Å². The molecule has 0 bridgehead atoms. The summed E-state index contributed by atoms with van der Waals surface area (Å²) in [7, 11) is 0. The molecule has 3 aromatic rings. The predicted octanol–water partition coefficient (Wildman–Crippen LogP) is 4.42. The van der Waals surface area contributed by atoms with Crippen LogP contribution in [0.1, 0.15) is 51.6 Å². The SMILES string of the molecule is CCc1sc(C(=O)N2CCCC(c3nc(-c4ccccc4)n[nH]3)C2)cc1C. The first-order valence-electron chi connectivity index (χ1n) is 9.52. The lowest BCUT2D eigenvalue weighted by molar-refractivity contribution is 0.0709. The summed E-state index contributed by atoms with van der Waals surface area (Å²) in [6.07, 6.45) is 2.99. The first-order chi connectivity index (χ1) is 13.2. The molecule has 0 radical (unpaired) electrons. The van der Waals surface area contributed by atoms with Gasteiger partial charge in [0.1, 0.15) is 5.82 Å². The van der Waals surface area contributed by atoms with Crippen molar-refractivity contribution in [2.24, 2.45) is 0 Å². The van der Waals surface area contributed by atoms with E-state index >= 15 is 0 Å². The van der Waals surface area contributed by atoms with Gasteiger partial charge in [0.15, 0.2) is 5.82 Å². The van der Waals surface area contributed by atoms with Gasteiger partial charge in [-0.1, -0.05) is 37.3 Å². The number of hydrogen-bond donors (Lipinski definition) is 1. The zero-order chi connectivity index (χ0) is 18.8. The lowest BCUT2D eigenvalue weighted by Crippen LogP contribution is -2.39. The van der Waals surface area contributed by atoms with E-state index in [4.69, 9.17) is 4.98 Å². The van der Waals surface area contributed by atoms with Crippen molar-refractivity contribution < 1.29 is 4.79 Å². The largest absolute Gasteiger partial charge is 0.337 e. The Labute approximate surface area is 163 Å². The minimum Gasteiger partial charge on any atom is -0.337 e. The summed E-state index contributed by atoms with van der Waals surface area (Å²) < 4.78 is 0. The number of aromatic amines is 1. The van der Waals surface area contributed by atoms with Gasteiger partial charge in [0.05, 0.1) is 4.88 Å². The topological polar surface area (TPSA) is 61.9 Å². The van der Waals surface area contributed by atoms with E-state index in [0.29, 0.717) is 6.54 Å². The second-order valence-corrected chi connectivity index (χ2v) is 8.21. The molecule has 6 heteroatoms. The minimum atomic E-state index is 0.148. The Morgan fingerprint density at radius 3 is 2.89 bits per heavy atom. The normalized spacial score (nSPS) is 17.3. The molecule has 1 N–H and O–H groups in total. The second-order valence-electron chi connectivity index (χ2n) is 7.07. The Morgan fingerprint density at radius 2 is 2.15 bits per heavy atom. The number of aryl methyl sites for hydroxylation is 2. The fraction of sp³-hybridized carbons (Fsp3) is 0.381. The van der Waals surface area contributed by atoms with Gasteiger partial charge in [-0.15, -0.1) is 11.3 Å². The van der Waals surface area contributed by atoms with Crippen molar-refractivity contribution in [3.63, 3.8) is 0 Å². The molecule has 1 aliphatic heterocycles. The summed E-state index contributed by atoms with van der Waals surface area (Å²) in [5, 5.41) is 7.48. The molecule has 1 amide bonds. The van der Waals surface area contributed by atoms with Gasteiger partial charge in [0, 0.05) is 29.4 Å². The summed E-state index contributed by atoms with van der Waals surface area (Å²) >= 11 is 1.63. The number of likely N-dealkylation sites (tertiary alicyclic amines) is 1. The molecule has 1 saturated heterocycles. The highest BCUT2D eigenvalue weighted by Gasteiger charge is 2.28. The van der Waals surface area contributed by atoms with Crippen LogP contribution in [0, 0.1) is 6.92 Å². The molecule has 0 aliphatic carbocycles. The summed E-state index contributed by atoms with van der Waals surface area (Å²) in [6.45, 7) is 5.73. The average Bonchev–Trinajstić information content (AvgIpc) is 3.35. The molecule has 140 valence electrons. The summed E-state index contributed by atoms with van der Waals surface area (Å²) in [5.41, 5.74) is 2.23. The number of H-pyrrole nitrogens is 1. The van der Waals surface area contributed by atoms with E-state index in [2.05, 4.69) is 24.0 Å². The average molecular weight is 381 g/mol. The van der Waals surface area contributed by atoms with Gasteiger partial charge >= 0.3 is 0 Å². The number of benzene rings is 1. The van der Waals surface area contributed by atoms with Gasteiger partial charge in [0.2, 0.25) is 0 Å². The van der Waals surface area contributed by atoms with Crippen molar-refractivity contribution in [2.45, 2.75) is 39.0 Å². The molecular weight excluding hydrogens is 356 g/mol. The van der Waals surface area contributed by atoms with Gasteiger partial charge in [-0.25, -0.2) is 4.98 Å². The maximum atomic E-state index is 13.0. The van der Waals surface area contributed by atoms with Crippen LogP contribution in [0.5, 0.6) is 0 Å². The molecule has 4 rings (SSSR count). The quantitative estimate of drug-likeness (QED) is 0.729. The molecular formula is C21H24N4OS. The van der Waals surface area contributed by atoms with Crippen LogP contribution in [-0.2, 0) is 6.42 Å². The Balaban J connectivity index is 1.49.